The van der Waals surface area contributed by atoms with Gasteiger partial charge in [-0.1, -0.05) is 41.1 Å². The van der Waals surface area contributed by atoms with Crippen molar-refractivity contribution >= 4 is 27.7 Å². The van der Waals surface area contributed by atoms with Crippen LogP contribution in [0.4, 0.5) is 0 Å². The zero-order valence-corrected chi connectivity index (χ0v) is 16.1. The van der Waals surface area contributed by atoms with Crippen LogP contribution in [0.15, 0.2) is 65.4 Å². The first-order valence-corrected chi connectivity index (χ1v) is 9.12. The summed E-state index contributed by atoms with van der Waals surface area (Å²) in [5.41, 5.74) is 1.49. The van der Waals surface area contributed by atoms with Gasteiger partial charge in [0.15, 0.2) is 11.9 Å². The number of carboxylic acid groups (broad SMARTS) is 1. The van der Waals surface area contributed by atoms with Gasteiger partial charge in [-0.25, -0.2) is 9.48 Å². The third-order valence-corrected chi connectivity index (χ3v) is 4.46. The van der Waals surface area contributed by atoms with Crippen LogP contribution in [0, 0.1) is 0 Å². The van der Waals surface area contributed by atoms with Crippen molar-refractivity contribution in [2.75, 3.05) is 0 Å². The molecule has 7 heteroatoms. The zero-order valence-electron chi connectivity index (χ0n) is 14.5. The van der Waals surface area contributed by atoms with Crippen LogP contribution in [-0.4, -0.2) is 32.7 Å². The van der Waals surface area contributed by atoms with E-state index in [0.717, 1.165) is 5.69 Å². The molecule has 0 fully saturated rings. The molecule has 0 bridgehead atoms. The third kappa shape index (κ3) is 4.25. The minimum atomic E-state index is -1.07. The van der Waals surface area contributed by atoms with E-state index in [4.69, 9.17) is 4.74 Å². The van der Waals surface area contributed by atoms with Crippen LogP contribution in [-0.2, 0) is 4.79 Å². The summed E-state index contributed by atoms with van der Waals surface area (Å²) in [6.45, 7) is 1.71. The number of aliphatic carboxylic acids is 1. The topological polar surface area (TPSA) is 81.4 Å². The monoisotopic (exact) mass is 428 g/mol. The van der Waals surface area contributed by atoms with E-state index in [9.17, 15) is 14.7 Å². The van der Waals surface area contributed by atoms with Gasteiger partial charge in [-0.05, 0) is 36.8 Å². The van der Waals surface area contributed by atoms with Gasteiger partial charge in [0.1, 0.15) is 5.75 Å². The number of hydrogen-bond acceptors (Lipinski definition) is 4. The number of aromatic nitrogens is 2. The molecule has 0 spiro atoms. The van der Waals surface area contributed by atoms with E-state index >= 15 is 0 Å². The second-order valence-corrected chi connectivity index (χ2v) is 6.75. The quantitative estimate of drug-likeness (QED) is 0.572. The fourth-order valence-electron chi connectivity index (χ4n) is 2.56. The first kappa shape index (κ1) is 18.8. The Morgan fingerprint density at radius 1 is 1.22 bits per heavy atom. The highest BCUT2D eigenvalue weighted by atomic mass is 79.9. The Bertz CT molecular complexity index is 969. The first-order valence-electron chi connectivity index (χ1n) is 8.33. The summed E-state index contributed by atoms with van der Waals surface area (Å²) in [7, 11) is 0. The van der Waals surface area contributed by atoms with Crippen molar-refractivity contribution < 1.29 is 19.4 Å². The van der Waals surface area contributed by atoms with Crippen molar-refractivity contribution in [3.63, 3.8) is 0 Å². The molecule has 3 aromatic rings. The predicted octanol–water partition coefficient (Wildman–Crippen LogP) is 4.11. The van der Waals surface area contributed by atoms with Crippen molar-refractivity contribution in [2.45, 2.75) is 19.4 Å². The molecule has 0 saturated heterocycles. The molecule has 3 rings (SSSR count). The van der Waals surface area contributed by atoms with E-state index in [2.05, 4.69) is 21.0 Å². The maximum Gasteiger partial charge on any atom is 0.344 e. The molecule has 6 nitrogen and oxygen atoms in total. The van der Waals surface area contributed by atoms with Crippen molar-refractivity contribution in [1.29, 1.82) is 0 Å². The number of carboxylic acids is 1. The third-order valence-electron chi connectivity index (χ3n) is 3.97. The van der Waals surface area contributed by atoms with Gasteiger partial charge in [-0.2, -0.15) is 5.10 Å². The lowest BCUT2D eigenvalue weighted by atomic mass is 10.1. The van der Waals surface area contributed by atoms with Crippen LogP contribution in [0.1, 0.15) is 29.3 Å². The van der Waals surface area contributed by atoms with Gasteiger partial charge < -0.3 is 9.84 Å². The summed E-state index contributed by atoms with van der Waals surface area (Å²) in [4.78, 5) is 24.3. The van der Waals surface area contributed by atoms with Crippen molar-refractivity contribution in [2.24, 2.45) is 0 Å². The number of ether oxygens (including phenoxy) is 1. The van der Waals surface area contributed by atoms with Gasteiger partial charge in [0.05, 0.1) is 23.0 Å². The molecule has 0 radical (unpaired) electrons. The van der Waals surface area contributed by atoms with Gasteiger partial charge in [-0.3, -0.25) is 4.79 Å². The molecular formula is C20H17BrN2O4. The van der Waals surface area contributed by atoms with E-state index in [1.54, 1.807) is 36.0 Å². The highest BCUT2D eigenvalue weighted by Gasteiger charge is 2.22. The van der Waals surface area contributed by atoms with E-state index in [-0.39, 0.29) is 23.5 Å². The van der Waals surface area contributed by atoms with Gasteiger partial charge in [-0.15, -0.1) is 0 Å². The summed E-state index contributed by atoms with van der Waals surface area (Å²) in [6.07, 6.45) is 2.38. The van der Waals surface area contributed by atoms with E-state index in [1.807, 2.05) is 30.3 Å². The molecule has 1 aromatic heterocycles. The number of benzene rings is 2. The van der Waals surface area contributed by atoms with Gasteiger partial charge in [0, 0.05) is 10.7 Å². The van der Waals surface area contributed by atoms with E-state index in [0.29, 0.717) is 10.0 Å². The number of rotatable bonds is 7. The molecule has 1 unspecified atom stereocenters. The Hall–Kier alpha value is -2.93. The van der Waals surface area contributed by atoms with E-state index < -0.39 is 12.1 Å². The van der Waals surface area contributed by atoms with Crippen LogP contribution in [0.3, 0.4) is 0 Å². The van der Waals surface area contributed by atoms with Gasteiger partial charge in [0.25, 0.3) is 0 Å². The molecule has 0 aliphatic heterocycles. The number of nitrogens with zero attached hydrogens (tertiary/aromatic N) is 2. The van der Waals surface area contributed by atoms with Gasteiger partial charge in [0.2, 0.25) is 0 Å². The smallest absolute Gasteiger partial charge is 0.344 e. The molecule has 27 heavy (non-hydrogen) atoms. The second-order valence-electron chi connectivity index (χ2n) is 5.83. The number of carbonyl (C=O) groups is 2. The minimum Gasteiger partial charge on any atom is -0.479 e. The Balaban J connectivity index is 1.94. The number of ketones is 1. The molecule has 1 heterocycles. The van der Waals surface area contributed by atoms with Crippen LogP contribution in [0.5, 0.6) is 5.75 Å². The first-order chi connectivity index (χ1) is 13.0. The molecule has 138 valence electrons. The molecule has 0 aliphatic rings. The normalized spacial score (nSPS) is 11.8. The summed E-state index contributed by atoms with van der Waals surface area (Å²) in [5.74, 6) is -1.14. The maximum absolute atomic E-state index is 13.0. The van der Waals surface area contributed by atoms with Crippen LogP contribution < -0.4 is 4.74 Å². The number of halogens is 1. The summed E-state index contributed by atoms with van der Waals surface area (Å²) in [6, 6.07) is 14.3. The molecule has 0 aliphatic carbocycles. The molecular weight excluding hydrogens is 412 g/mol. The lowest BCUT2D eigenvalue weighted by molar-refractivity contribution is -0.145. The summed E-state index contributed by atoms with van der Waals surface area (Å²) < 4.78 is 7.88. The Kier molecular flexibility index (Phi) is 5.71. The summed E-state index contributed by atoms with van der Waals surface area (Å²) >= 11 is 3.35. The van der Waals surface area contributed by atoms with Crippen LogP contribution in [0.2, 0.25) is 0 Å². The van der Waals surface area contributed by atoms with Crippen molar-refractivity contribution in [3.05, 3.63) is 76.5 Å². The molecule has 0 amide bonds. The average Bonchev–Trinajstić information content (AvgIpc) is 3.17. The fraction of sp³-hybridized carbons (Fsp3) is 0.150. The lowest BCUT2D eigenvalue weighted by Gasteiger charge is -2.16. The SMILES string of the molecule is CCC(Oc1ccc(Br)cc1C(=O)c1cnn(-c2ccccc2)c1)C(=O)O. The second kappa shape index (κ2) is 8.18. The molecule has 0 saturated carbocycles. The highest BCUT2D eigenvalue weighted by molar-refractivity contribution is 9.10. The van der Waals surface area contributed by atoms with Gasteiger partial charge >= 0.3 is 5.97 Å². The highest BCUT2D eigenvalue weighted by Crippen LogP contribution is 2.27. The Morgan fingerprint density at radius 3 is 2.63 bits per heavy atom. The molecule has 1 N–H and O–H groups in total. The lowest BCUT2D eigenvalue weighted by Crippen LogP contribution is -2.26. The molecule has 1 atom stereocenters. The van der Waals surface area contributed by atoms with Crippen molar-refractivity contribution in [3.8, 4) is 11.4 Å². The Labute approximate surface area is 164 Å². The van der Waals surface area contributed by atoms with Crippen molar-refractivity contribution in [1.82, 2.24) is 9.78 Å². The summed E-state index contributed by atoms with van der Waals surface area (Å²) in [5, 5.41) is 13.5. The molecule has 2 aromatic carbocycles. The number of para-hydroxylation sites is 1. The Morgan fingerprint density at radius 2 is 1.96 bits per heavy atom. The van der Waals surface area contributed by atoms with E-state index in [1.165, 1.54) is 6.20 Å². The zero-order chi connectivity index (χ0) is 19.4. The fourth-order valence-corrected chi connectivity index (χ4v) is 2.92. The number of carbonyl (C=O) groups excluding carboxylic acids is 1. The van der Waals surface area contributed by atoms with Crippen LogP contribution in [0.25, 0.3) is 5.69 Å². The minimum absolute atomic E-state index is 0.227. The number of hydrogen-bond donors (Lipinski definition) is 1. The largest absolute Gasteiger partial charge is 0.479 e. The average molecular weight is 429 g/mol. The van der Waals surface area contributed by atoms with Crippen LogP contribution >= 0.6 is 15.9 Å². The maximum atomic E-state index is 13.0. The standard InChI is InChI=1S/C20H17BrN2O4/c1-2-17(20(25)26)27-18-9-8-14(21)10-16(18)19(24)13-11-22-23(12-13)15-6-4-3-5-7-15/h3-12,17H,2H2,1H3,(H,25,26). The predicted molar refractivity (Wildman–Crippen MR) is 103 cm³/mol.